The van der Waals surface area contributed by atoms with Crippen LogP contribution in [-0.4, -0.2) is 31.2 Å². The molecule has 1 aromatic carbocycles. The van der Waals surface area contributed by atoms with Gasteiger partial charge in [0.05, 0.1) is 6.61 Å². The van der Waals surface area contributed by atoms with Crippen LogP contribution in [0.1, 0.15) is 50.2 Å². The number of rotatable bonds is 9. The molecule has 0 atom stereocenters. The molecule has 2 nitrogen and oxygen atoms in total. The number of unbranched alkanes of at least 4 members (excludes halogenated alkanes) is 4. The zero-order valence-electron chi connectivity index (χ0n) is 12.9. The third-order valence-corrected chi connectivity index (χ3v) is 4.15. The monoisotopic (exact) mass is 275 g/mol. The molecule has 0 aliphatic carbocycles. The Labute approximate surface area is 124 Å². The Bertz CT molecular complexity index is 377. The maximum atomic E-state index is 5.76. The van der Waals surface area contributed by atoms with Gasteiger partial charge in [-0.25, -0.2) is 0 Å². The fraction of sp³-hybridized carbons (Fsp3) is 0.667. The van der Waals surface area contributed by atoms with Crippen LogP contribution in [0.4, 0.5) is 0 Å². The normalized spacial score (nSPS) is 15.2. The number of hydrogen-bond acceptors (Lipinski definition) is 2. The maximum absolute atomic E-state index is 5.76. The van der Waals surface area contributed by atoms with Gasteiger partial charge in [-0.2, -0.15) is 0 Å². The molecule has 0 saturated heterocycles. The number of hydrogen-bond donors (Lipinski definition) is 0. The molecule has 0 spiro atoms. The summed E-state index contributed by atoms with van der Waals surface area (Å²) in [6.45, 7) is 7.42. The highest BCUT2D eigenvalue weighted by atomic mass is 16.5. The average Bonchev–Trinajstić information content (AvgIpc) is 2.50. The molecule has 2 heteroatoms. The molecule has 1 aliphatic heterocycles. The Kier molecular flexibility index (Phi) is 7.10. The van der Waals surface area contributed by atoms with E-state index in [1.807, 2.05) is 0 Å². The smallest absolute Gasteiger partial charge is 0.0593 e. The maximum Gasteiger partial charge on any atom is 0.0593 e. The second-order valence-corrected chi connectivity index (χ2v) is 5.82. The summed E-state index contributed by atoms with van der Waals surface area (Å²) in [5.41, 5.74) is 3.03. The molecule has 2 rings (SSSR count). The molecule has 20 heavy (non-hydrogen) atoms. The third kappa shape index (κ3) is 5.26. The van der Waals surface area contributed by atoms with Gasteiger partial charge in [0.2, 0.25) is 0 Å². The van der Waals surface area contributed by atoms with Crippen molar-refractivity contribution in [2.75, 3.05) is 26.3 Å². The van der Waals surface area contributed by atoms with Crippen LogP contribution in [0.2, 0.25) is 0 Å². The molecular formula is C18H29NO. The summed E-state index contributed by atoms with van der Waals surface area (Å²) < 4.78 is 5.76. The van der Waals surface area contributed by atoms with Gasteiger partial charge in [-0.3, -0.25) is 4.90 Å². The first-order valence-corrected chi connectivity index (χ1v) is 8.27. The van der Waals surface area contributed by atoms with Gasteiger partial charge >= 0.3 is 0 Å². The molecule has 0 fully saturated rings. The van der Waals surface area contributed by atoms with Crippen molar-refractivity contribution in [1.29, 1.82) is 0 Å². The van der Waals surface area contributed by atoms with Crippen LogP contribution in [0.5, 0.6) is 0 Å². The predicted molar refractivity (Wildman–Crippen MR) is 85.0 cm³/mol. The molecule has 0 aromatic heterocycles. The van der Waals surface area contributed by atoms with Gasteiger partial charge in [0.1, 0.15) is 0 Å². The summed E-state index contributed by atoms with van der Waals surface area (Å²) in [6.07, 6.45) is 7.79. The van der Waals surface area contributed by atoms with E-state index in [4.69, 9.17) is 4.74 Å². The fourth-order valence-corrected chi connectivity index (χ4v) is 2.85. The highest BCUT2D eigenvalue weighted by Gasteiger charge is 2.14. The van der Waals surface area contributed by atoms with Gasteiger partial charge in [0, 0.05) is 26.2 Å². The molecule has 0 unspecified atom stereocenters. The lowest BCUT2D eigenvalue weighted by Crippen LogP contribution is -2.33. The number of nitrogens with zero attached hydrogens (tertiary/aromatic N) is 1. The van der Waals surface area contributed by atoms with Crippen molar-refractivity contribution in [2.45, 2.75) is 52.0 Å². The van der Waals surface area contributed by atoms with E-state index in [2.05, 4.69) is 36.1 Å². The molecule has 1 heterocycles. The van der Waals surface area contributed by atoms with Crippen LogP contribution in [0, 0.1) is 0 Å². The molecule has 0 bridgehead atoms. The number of fused-ring (bicyclic) bond motifs is 1. The third-order valence-electron chi connectivity index (χ3n) is 4.15. The van der Waals surface area contributed by atoms with Gasteiger partial charge in [-0.1, -0.05) is 56.9 Å². The molecule has 112 valence electrons. The van der Waals surface area contributed by atoms with Crippen LogP contribution >= 0.6 is 0 Å². The van der Waals surface area contributed by atoms with E-state index < -0.39 is 0 Å². The molecule has 0 saturated carbocycles. The SMILES string of the molecule is CCCCCCCOCCN1CCc2ccccc2C1. The first-order valence-electron chi connectivity index (χ1n) is 8.27. The highest BCUT2D eigenvalue weighted by Crippen LogP contribution is 2.17. The van der Waals surface area contributed by atoms with Crippen molar-refractivity contribution in [3.63, 3.8) is 0 Å². The Morgan fingerprint density at radius 1 is 1.00 bits per heavy atom. The van der Waals surface area contributed by atoms with Gasteiger partial charge < -0.3 is 4.74 Å². The minimum Gasteiger partial charge on any atom is -0.380 e. The van der Waals surface area contributed by atoms with Gasteiger partial charge in [-0.15, -0.1) is 0 Å². The summed E-state index contributed by atoms with van der Waals surface area (Å²) in [5.74, 6) is 0. The van der Waals surface area contributed by atoms with E-state index in [0.29, 0.717) is 0 Å². The minimum absolute atomic E-state index is 0.885. The van der Waals surface area contributed by atoms with Crippen LogP contribution in [-0.2, 0) is 17.7 Å². The lowest BCUT2D eigenvalue weighted by Gasteiger charge is -2.28. The molecule has 1 aromatic rings. The van der Waals surface area contributed by atoms with E-state index in [1.165, 1.54) is 56.2 Å². The van der Waals surface area contributed by atoms with E-state index in [1.54, 1.807) is 0 Å². The summed E-state index contributed by atoms with van der Waals surface area (Å²) in [4.78, 5) is 2.51. The quantitative estimate of drug-likeness (QED) is 0.631. The minimum atomic E-state index is 0.885. The van der Waals surface area contributed by atoms with Gasteiger partial charge in [0.15, 0.2) is 0 Å². The Balaban J connectivity index is 1.53. The second-order valence-electron chi connectivity index (χ2n) is 5.82. The first kappa shape index (κ1) is 15.5. The van der Waals surface area contributed by atoms with Gasteiger partial charge in [0.25, 0.3) is 0 Å². The molecule has 1 aliphatic rings. The fourth-order valence-electron chi connectivity index (χ4n) is 2.85. The molecular weight excluding hydrogens is 246 g/mol. The van der Waals surface area contributed by atoms with Crippen molar-refractivity contribution in [1.82, 2.24) is 4.90 Å². The Hall–Kier alpha value is -0.860. The molecule has 0 radical (unpaired) electrons. The summed E-state index contributed by atoms with van der Waals surface area (Å²) in [7, 11) is 0. The molecule has 0 N–H and O–H groups in total. The van der Waals surface area contributed by atoms with Crippen LogP contribution < -0.4 is 0 Å². The van der Waals surface area contributed by atoms with E-state index >= 15 is 0 Å². The molecule has 0 amide bonds. The van der Waals surface area contributed by atoms with Crippen molar-refractivity contribution in [3.8, 4) is 0 Å². The topological polar surface area (TPSA) is 12.5 Å². The Morgan fingerprint density at radius 2 is 1.80 bits per heavy atom. The zero-order chi connectivity index (χ0) is 14.0. The number of benzene rings is 1. The van der Waals surface area contributed by atoms with Gasteiger partial charge in [-0.05, 0) is 24.0 Å². The van der Waals surface area contributed by atoms with Crippen LogP contribution in [0.25, 0.3) is 0 Å². The first-order chi connectivity index (χ1) is 9.90. The average molecular weight is 275 g/mol. The summed E-state index contributed by atoms with van der Waals surface area (Å²) in [5, 5.41) is 0. The van der Waals surface area contributed by atoms with Crippen molar-refractivity contribution in [3.05, 3.63) is 35.4 Å². The highest BCUT2D eigenvalue weighted by molar-refractivity contribution is 5.28. The second kappa shape index (κ2) is 9.15. The van der Waals surface area contributed by atoms with Crippen LogP contribution in [0.3, 0.4) is 0 Å². The number of ether oxygens (including phenoxy) is 1. The lowest BCUT2D eigenvalue weighted by molar-refractivity contribution is 0.0963. The zero-order valence-corrected chi connectivity index (χ0v) is 12.9. The van der Waals surface area contributed by atoms with Crippen LogP contribution in [0.15, 0.2) is 24.3 Å². The van der Waals surface area contributed by atoms with E-state index in [-0.39, 0.29) is 0 Å². The van der Waals surface area contributed by atoms with Crippen molar-refractivity contribution >= 4 is 0 Å². The van der Waals surface area contributed by atoms with Crippen molar-refractivity contribution < 1.29 is 4.74 Å². The Morgan fingerprint density at radius 3 is 2.65 bits per heavy atom. The lowest BCUT2D eigenvalue weighted by atomic mass is 10.0. The summed E-state index contributed by atoms with van der Waals surface area (Å²) >= 11 is 0. The van der Waals surface area contributed by atoms with Crippen molar-refractivity contribution in [2.24, 2.45) is 0 Å². The van der Waals surface area contributed by atoms with E-state index in [9.17, 15) is 0 Å². The largest absolute Gasteiger partial charge is 0.380 e. The summed E-state index contributed by atoms with van der Waals surface area (Å²) in [6, 6.07) is 8.82. The predicted octanol–water partition coefficient (Wildman–Crippen LogP) is 4.03. The standard InChI is InChI=1S/C18H29NO/c1-2-3-4-5-8-14-20-15-13-19-12-11-17-9-6-7-10-18(17)16-19/h6-7,9-10H,2-5,8,11-16H2,1H3. The van der Waals surface area contributed by atoms with E-state index in [0.717, 1.165) is 26.3 Å².